The first-order valence-corrected chi connectivity index (χ1v) is 11.8. The maximum Gasteiger partial charge on any atom is 0.242 e. The number of benzene rings is 1. The zero-order valence-corrected chi connectivity index (χ0v) is 18.5. The summed E-state index contributed by atoms with van der Waals surface area (Å²) in [5.74, 6) is 0.318. The smallest absolute Gasteiger partial charge is 0.242 e. The third-order valence-electron chi connectivity index (χ3n) is 5.95. The molecule has 9 heteroatoms. The topological polar surface area (TPSA) is 90.9 Å². The van der Waals surface area contributed by atoms with Crippen LogP contribution in [-0.4, -0.2) is 67.6 Å². The predicted molar refractivity (Wildman–Crippen MR) is 118 cm³/mol. The lowest BCUT2D eigenvalue weighted by atomic mass is 10.1. The minimum absolute atomic E-state index is 0.0959. The van der Waals surface area contributed by atoms with Gasteiger partial charge < -0.3 is 14.7 Å². The van der Waals surface area contributed by atoms with Crippen molar-refractivity contribution in [3.8, 4) is 0 Å². The fourth-order valence-corrected chi connectivity index (χ4v) is 5.65. The zero-order valence-electron chi connectivity index (χ0n) is 17.7. The fraction of sp³-hybridized carbons (Fsp3) is 0.409. The van der Waals surface area contributed by atoms with Gasteiger partial charge in [-0.2, -0.15) is 0 Å². The molecule has 3 heterocycles. The predicted octanol–water partition coefficient (Wildman–Crippen LogP) is 1.72. The second-order valence-electron chi connectivity index (χ2n) is 8.44. The van der Waals surface area contributed by atoms with Gasteiger partial charge in [0.15, 0.2) is 9.84 Å². The summed E-state index contributed by atoms with van der Waals surface area (Å²) in [7, 11) is -3.72. The number of sulfone groups is 1. The molecule has 2 amide bonds. The molecule has 0 atom stereocenters. The summed E-state index contributed by atoms with van der Waals surface area (Å²) in [6.07, 6.45) is 1.57. The third kappa shape index (κ3) is 3.89. The molecule has 0 N–H and O–H groups in total. The Morgan fingerprint density at radius 2 is 1.71 bits per heavy atom. The van der Waals surface area contributed by atoms with Crippen LogP contribution in [0.25, 0.3) is 0 Å². The number of hydrogen-bond acceptors (Lipinski definition) is 6. The lowest BCUT2D eigenvalue weighted by molar-refractivity contribution is -0.131. The van der Waals surface area contributed by atoms with E-state index in [0.29, 0.717) is 26.2 Å². The molecule has 0 radical (unpaired) electrons. The number of amides is 2. The van der Waals surface area contributed by atoms with Gasteiger partial charge in [-0.25, -0.2) is 13.4 Å². The van der Waals surface area contributed by atoms with Gasteiger partial charge in [-0.1, -0.05) is 18.2 Å². The molecule has 0 spiro atoms. The molecule has 0 aliphatic carbocycles. The largest absolute Gasteiger partial charge is 0.353 e. The highest BCUT2D eigenvalue weighted by Crippen LogP contribution is 2.38. The number of rotatable bonds is 3. The number of nitrogens with zero attached hydrogens (tertiary/aromatic N) is 4. The summed E-state index contributed by atoms with van der Waals surface area (Å²) in [6.45, 7) is 5.26. The second kappa shape index (κ2) is 7.96. The van der Waals surface area contributed by atoms with Crippen molar-refractivity contribution in [2.45, 2.75) is 29.9 Å². The van der Waals surface area contributed by atoms with E-state index in [2.05, 4.69) is 9.88 Å². The number of hydrogen-bond donors (Lipinski definition) is 0. The van der Waals surface area contributed by atoms with Crippen molar-refractivity contribution in [2.75, 3.05) is 42.5 Å². The van der Waals surface area contributed by atoms with E-state index in [9.17, 15) is 18.0 Å². The highest BCUT2D eigenvalue weighted by atomic mass is 32.2. The highest BCUT2D eigenvalue weighted by Gasteiger charge is 2.44. The van der Waals surface area contributed by atoms with Crippen LogP contribution in [0.2, 0.25) is 0 Å². The van der Waals surface area contributed by atoms with E-state index in [0.717, 1.165) is 5.82 Å². The number of aromatic nitrogens is 1. The average molecular weight is 443 g/mol. The Morgan fingerprint density at radius 3 is 2.39 bits per heavy atom. The first kappa shape index (κ1) is 21.3. The molecule has 1 aromatic carbocycles. The quantitative estimate of drug-likeness (QED) is 0.719. The van der Waals surface area contributed by atoms with Crippen LogP contribution < -0.4 is 9.80 Å². The molecular formula is C22H26N4O4S. The van der Waals surface area contributed by atoms with Gasteiger partial charge in [0, 0.05) is 38.8 Å². The Morgan fingerprint density at radius 1 is 1.03 bits per heavy atom. The van der Waals surface area contributed by atoms with E-state index >= 15 is 0 Å². The molecule has 2 aromatic rings. The summed E-state index contributed by atoms with van der Waals surface area (Å²) >= 11 is 0. The molecule has 1 saturated heterocycles. The summed E-state index contributed by atoms with van der Waals surface area (Å²) in [4.78, 5) is 35.7. The molecule has 1 aromatic heterocycles. The van der Waals surface area contributed by atoms with Gasteiger partial charge in [-0.05, 0) is 38.1 Å². The van der Waals surface area contributed by atoms with Crippen molar-refractivity contribution in [1.82, 2.24) is 9.88 Å². The van der Waals surface area contributed by atoms with E-state index in [1.54, 1.807) is 43.1 Å². The molecule has 2 aliphatic heterocycles. The van der Waals surface area contributed by atoms with E-state index in [4.69, 9.17) is 0 Å². The Labute approximate surface area is 182 Å². The van der Waals surface area contributed by atoms with Gasteiger partial charge >= 0.3 is 0 Å². The summed E-state index contributed by atoms with van der Waals surface area (Å²) in [5.41, 5.74) is 0.276. The SMILES string of the molecule is CC1(C)CC(=O)N(CC(=O)N2CCN(c3ccccn3)CC2)c2ccccc2S1(=O)=O. The molecule has 164 valence electrons. The zero-order chi connectivity index (χ0) is 22.2. The lowest BCUT2D eigenvalue weighted by Crippen LogP contribution is -2.52. The molecule has 2 aliphatic rings. The Bertz CT molecular complexity index is 1090. The van der Waals surface area contributed by atoms with Crippen molar-refractivity contribution < 1.29 is 18.0 Å². The van der Waals surface area contributed by atoms with Crippen LogP contribution in [0.1, 0.15) is 20.3 Å². The summed E-state index contributed by atoms with van der Waals surface area (Å²) in [6, 6.07) is 12.2. The van der Waals surface area contributed by atoms with Gasteiger partial charge in [-0.3, -0.25) is 9.59 Å². The molecule has 0 saturated carbocycles. The van der Waals surface area contributed by atoms with Crippen LogP contribution in [0.4, 0.5) is 11.5 Å². The average Bonchev–Trinajstić information content (AvgIpc) is 2.82. The number of para-hydroxylation sites is 1. The molecule has 1 fully saturated rings. The van der Waals surface area contributed by atoms with Crippen LogP contribution in [0, 0.1) is 0 Å². The Balaban J connectivity index is 1.52. The van der Waals surface area contributed by atoms with Crippen molar-refractivity contribution in [1.29, 1.82) is 0 Å². The minimum atomic E-state index is -3.72. The van der Waals surface area contributed by atoms with Crippen LogP contribution in [0.3, 0.4) is 0 Å². The molecule has 4 rings (SSSR count). The number of carbonyl (C=O) groups is 2. The van der Waals surface area contributed by atoms with Crippen LogP contribution >= 0.6 is 0 Å². The first-order valence-electron chi connectivity index (χ1n) is 10.3. The van der Waals surface area contributed by atoms with Crippen LogP contribution in [0.15, 0.2) is 53.6 Å². The summed E-state index contributed by atoms with van der Waals surface area (Å²) in [5, 5.41) is 0. The van der Waals surface area contributed by atoms with Crippen molar-refractivity contribution in [3.05, 3.63) is 48.7 Å². The molecular weight excluding hydrogens is 416 g/mol. The van der Waals surface area contributed by atoms with Gasteiger partial charge in [0.1, 0.15) is 12.4 Å². The second-order valence-corrected chi connectivity index (χ2v) is 11.0. The van der Waals surface area contributed by atoms with E-state index < -0.39 is 14.6 Å². The number of fused-ring (bicyclic) bond motifs is 1. The standard InChI is InChI=1S/C22H26N4O4S/c1-22(2)15-20(27)26(17-7-3-4-8-18(17)31(22,29)30)16-21(28)25-13-11-24(12-14-25)19-9-5-6-10-23-19/h3-10H,11-16H2,1-2H3. The molecule has 8 nitrogen and oxygen atoms in total. The van der Waals surface area contributed by atoms with Crippen LogP contribution in [-0.2, 0) is 19.4 Å². The maximum absolute atomic E-state index is 13.1. The van der Waals surface area contributed by atoms with Gasteiger partial charge in [0.05, 0.1) is 15.3 Å². The van der Waals surface area contributed by atoms with Crippen LogP contribution in [0.5, 0.6) is 0 Å². The number of pyridine rings is 1. The fourth-order valence-electron chi connectivity index (χ4n) is 4.03. The number of piperazine rings is 1. The third-order valence-corrected chi connectivity index (χ3v) is 8.47. The van der Waals surface area contributed by atoms with Crippen molar-refractivity contribution in [2.24, 2.45) is 0 Å². The molecule has 0 unspecified atom stereocenters. The Hall–Kier alpha value is -2.94. The molecule has 0 bridgehead atoms. The highest BCUT2D eigenvalue weighted by molar-refractivity contribution is 7.93. The van der Waals surface area contributed by atoms with Crippen molar-refractivity contribution >= 4 is 33.2 Å². The van der Waals surface area contributed by atoms with Gasteiger partial charge in [0.2, 0.25) is 11.8 Å². The number of anilines is 2. The lowest BCUT2D eigenvalue weighted by Gasteiger charge is -2.36. The minimum Gasteiger partial charge on any atom is -0.353 e. The summed E-state index contributed by atoms with van der Waals surface area (Å²) < 4.78 is 25.0. The van der Waals surface area contributed by atoms with Gasteiger partial charge in [-0.15, -0.1) is 0 Å². The maximum atomic E-state index is 13.1. The Kier molecular flexibility index (Phi) is 5.47. The monoisotopic (exact) mass is 442 g/mol. The normalized spacial score (nSPS) is 20.2. The van der Waals surface area contributed by atoms with E-state index in [-0.39, 0.29) is 35.4 Å². The van der Waals surface area contributed by atoms with Crippen molar-refractivity contribution in [3.63, 3.8) is 0 Å². The van der Waals surface area contributed by atoms with E-state index in [1.807, 2.05) is 18.2 Å². The first-order chi connectivity index (χ1) is 14.7. The van der Waals surface area contributed by atoms with Gasteiger partial charge in [0.25, 0.3) is 0 Å². The van der Waals surface area contributed by atoms with E-state index in [1.165, 1.54) is 11.0 Å². The number of carbonyl (C=O) groups excluding carboxylic acids is 2. The molecule has 31 heavy (non-hydrogen) atoms.